The maximum absolute atomic E-state index is 13.3. The molecular formula is C25H34N12O12S3. The Hall–Kier alpha value is -5.09. The lowest BCUT2D eigenvalue weighted by molar-refractivity contribution is -0.765. The fourth-order valence-electron chi connectivity index (χ4n) is 4.85. The van der Waals surface area contributed by atoms with E-state index in [2.05, 4.69) is 30.5 Å². The average molecular weight is 791 g/mol. The van der Waals surface area contributed by atoms with E-state index < -0.39 is 56.9 Å². The number of hydrogen-bond donors (Lipinski definition) is 8. The molecule has 0 radical (unpaired) electrons. The van der Waals surface area contributed by atoms with Gasteiger partial charge in [0.05, 0.1) is 7.05 Å². The van der Waals surface area contributed by atoms with E-state index in [0.29, 0.717) is 37.4 Å². The zero-order valence-corrected chi connectivity index (χ0v) is 29.9. The summed E-state index contributed by atoms with van der Waals surface area (Å²) in [7, 11) is -3.26. The Morgan fingerprint density at radius 1 is 1.23 bits per heavy atom. The molecular weight excluding hydrogens is 757 g/mol. The lowest BCUT2D eigenvalue weighted by Gasteiger charge is -2.49. The summed E-state index contributed by atoms with van der Waals surface area (Å²) in [6.45, 7) is 4.90. The topological polar surface area (TPSA) is 354 Å². The number of thioether (sulfide) groups is 1. The minimum absolute atomic E-state index is 0.00222. The number of nitrogens with two attached hydrogens (primary N) is 2. The second kappa shape index (κ2) is 15.7. The van der Waals surface area contributed by atoms with Crippen LogP contribution in [0, 0.1) is 0 Å². The van der Waals surface area contributed by atoms with Gasteiger partial charge in [-0.1, -0.05) is 5.16 Å². The zero-order chi connectivity index (χ0) is 38.7. The van der Waals surface area contributed by atoms with Crippen LogP contribution in [-0.2, 0) is 48.0 Å². The summed E-state index contributed by atoms with van der Waals surface area (Å²) < 4.78 is 40.0. The van der Waals surface area contributed by atoms with E-state index in [1.54, 1.807) is 27.5 Å². The molecule has 5 heterocycles. The Labute approximate surface area is 302 Å². The molecule has 2 aromatic rings. The molecule has 0 aromatic carbocycles. The largest absolute Gasteiger partial charge is 0.726 e. The number of oxime groups is 1. The van der Waals surface area contributed by atoms with E-state index in [1.165, 1.54) is 25.6 Å². The third-order valence-electron chi connectivity index (χ3n) is 7.57. The number of nitrogens with one attached hydrogen (secondary N) is 3. The fourth-order valence-corrected chi connectivity index (χ4v) is 6.62. The normalized spacial score (nSPS) is 19.2. The van der Waals surface area contributed by atoms with E-state index >= 15 is 0 Å². The number of piperazine rings is 1. The molecule has 24 nitrogen and oxygen atoms in total. The van der Waals surface area contributed by atoms with Gasteiger partial charge in [-0.3, -0.25) is 24.4 Å². The lowest BCUT2D eigenvalue weighted by atomic mass is 10.0. The van der Waals surface area contributed by atoms with Gasteiger partial charge in [-0.2, -0.15) is 9.36 Å². The van der Waals surface area contributed by atoms with Gasteiger partial charge in [-0.25, -0.2) is 22.8 Å². The highest BCUT2D eigenvalue weighted by atomic mass is 32.3. The number of nitrogen functional groups attached to an aromatic ring is 2. The van der Waals surface area contributed by atoms with Crippen LogP contribution < -0.4 is 32.1 Å². The summed E-state index contributed by atoms with van der Waals surface area (Å²) in [5.41, 5.74) is 10.1. The Morgan fingerprint density at radius 2 is 1.87 bits per heavy atom. The van der Waals surface area contributed by atoms with Crippen molar-refractivity contribution in [3.63, 3.8) is 0 Å². The predicted molar refractivity (Wildman–Crippen MR) is 179 cm³/mol. The first-order chi connectivity index (χ1) is 24.2. The van der Waals surface area contributed by atoms with Crippen LogP contribution in [0.4, 0.5) is 21.4 Å². The molecule has 2 aromatic heterocycles. The van der Waals surface area contributed by atoms with Gasteiger partial charge in [-0.15, -0.1) is 21.1 Å². The highest BCUT2D eigenvalue weighted by molar-refractivity contribution is 8.00. The highest BCUT2D eigenvalue weighted by Crippen LogP contribution is 2.40. The number of urea groups is 1. The molecule has 27 heteroatoms. The van der Waals surface area contributed by atoms with Crippen molar-refractivity contribution in [2.75, 3.05) is 48.7 Å². The molecule has 0 unspecified atom stereocenters. The lowest BCUT2D eigenvalue weighted by Crippen LogP contribution is -2.71. The van der Waals surface area contributed by atoms with Crippen molar-refractivity contribution in [1.82, 2.24) is 34.5 Å². The molecule has 10 N–H and O–H groups in total. The van der Waals surface area contributed by atoms with Crippen LogP contribution in [0.2, 0.25) is 0 Å². The van der Waals surface area contributed by atoms with Crippen molar-refractivity contribution in [3.05, 3.63) is 23.3 Å². The number of aliphatic carboxylic acids is 2. The Morgan fingerprint density at radius 3 is 2.42 bits per heavy atom. The fraction of sp³-hybridized carbons (Fsp3) is 0.480. The summed E-state index contributed by atoms with van der Waals surface area (Å²) in [6.07, 6.45) is 1.59. The number of rotatable bonds is 10. The first-order valence-corrected chi connectivity index (χ1v) is 18.0. The van der Waals surface area contributed by atoms with Gasteiger partial charge in [0.25, 0.3) is 11.8 Å². The van der Waals surface area contributed by atoms with Crippen molar-refractivity contribution in [3.8, 4) is 0 Å². The van der Waals surface area contributed by atoms with Crippen LogP contribution >= 0.6 is 23.3 Å². The Balaban J connectivity index is 0.00000113. The first-order valence-electron chi connectivity index (χ1n) is 14.8. The number of hydrogen-bond acceptors (Lipinski definition) is 17. The molecule has 52 heavy (non-hydrogen) atoms. The number of carbonyl (C=O) groups excluding carboxylic acids is 3. The minimum Gasteiger partial charge on any atom is -0.726 e. The number of β-lactam (4-membered cyclic amide) rings is 1. The van der Waals surface area contributed by atoms with Gasteiger partial charge in [-0.05, 0) is 13.8 Å². The molecule has 2 fully saturated rings. The highest BCUT2D eigenvalue weighted by Gasteiger charge is 2.55. The number of fused-ring (bicyclic) bond motifs is 1. The van der Waals surface area contributed by atoms with E-state index in [1.807, 2.05) is 0 Å². The molecule has 3 aliphatic rings. The molecule has 0 bridgehead atoms. The van der Waals surface area contributed by atoms with Gasteiger partial charge in [0.1, 0.15) is 17.1 Å². The van der Waals surface area contributed by atoms with Gasteiger partial charge in [0, 0.05) is 49.0 Å². The zero-order valence-electron chi connectivity index (χ0n) is 27.5. The monoisotopic (exact) mass is 790 g/mol. The minimum atomic E-state index is -4.92. The standard InChI is InChI=1S/C25H32N12O8S2.H2O4S/c1-25(2,22(42)43)45-32-13(17-31-23(27)47-33-17)18(38)30-14-19(39)37-15(21(40)41)11(10-46-20(14)37)8-36-9-12(16(26)34(36)3)29-24(44)35-6-4-28-5-7-35;1-5(2,3)4/h9,14,20,26,28H,4-8,10H2,1-3H3,(H6,27,29,30,31,33,38,40,41,42,43,44);(H2,1,2,3,4)/b32-13-;/t14-,20-;/m1./s1. The van der Waals surface area contributed by atoms with E-state index in [-0.39, 0.29) is 40.8 Å². The summed E-state index contributed by atoms with van der Waals surface area (Å²) in [5.74, 6) is -4.16. The number of anilines is 3. The molecule has 5 rings (SSSR count). The van der Waals surface area contributed by atoms with Crippen molar-refractivity contribution < 1.29 is 61.2 Å². The predicted octanol–water partition coefficient (Wildman–Crippen LogP) is -3.21. The molecule has 4 amide bonds. The smallest absolute Gasteiger partial charge is 0.352 e. The van der Waals surface area contributed by atoms with E-state index in [9.17, 15) is 34.2 Å². The molecule has 2 atom stereocenters. The maximum Gasteiger partial charge on any atom is 0.352 e. The van der Waals surface area contributed by atoms with Gasteiger partial charge >= 0.3 is 18.0 Å². The second-order valence-electron chi connectivity index (χ2n) is 11.6. The summed E-state index contributed by atoms with van der Waals surface area (Å²) >= 11 is 1.99. The molecule has 0 spiro atoms. The van der Waals surface area contributed by atoms with E-state index in [0.717, 1.165) is 16.4 Å². The summed E-state index contributed by atoms with van der Waals surface area (Å²) in [4.78, 5) is 75.0. The van der Waals surface area contributed by atoms with Crippen LogP contribution in [0.25, 0.3) is 0 Å². The molecule has 3 aliphatic heterocycles. The Kier molecular flexibility index (Phi) is 11.9. The van der Waals surface area contributed by atoms with Crippen LogP contribution in [0.3, 0.4) is 0 Å². The number of carboxylic acids is 2. The van der Waals surface area contributed by atoms with Crippen LogP contribution in [0.5, 0.6) is 0 Å². The number of nitrogens with zero attached hydrogens (tertiary/aromatic N) is 7. The van der Waals surface area contributed by atoms with Crippen molar-refractivity contribution in [2.24, 2.45) is 12.2 Å². The number of amides is 4. The van der Waals surface area contributed by atoms with Crippen LogP contribution in [0.15, 0.2) is 22.6 Å². The molecule has 0 aliphatic carbocycles. The SMILES string of the molecule is Cn1c(N)c(NC(=O)N2CCNCC2)c[n+]1CC1=C(C(=O)O)N2C(=O)[C@@H](NC(=O)/C(=N\OC(C)(C)C(=O)O)c3nsc(N)n3)[C@H]2SC1.O=S(=O)([O-])O. The number of carbonyl (C=O) groups is 5. The van der Waals surface area contributed by atoms with Gasteiger partial charge in [0.15, 0.2) is 23.2 Å². The molecule has 2 saturated heterocycles. The Bertz CT molecular complexity index is 1930. The third-order valence-corrected chi connectivity index (χ3v) is 9.45. The van der Waals surface area contributed by atoms with Crippen LogP contribution in [-0.4, -0.2) is 136 Å². The average Bonchev–Trinajstić information content (AvgIpc) is 3.60. The first kappa shape index (κ1) is 39.7. The van der Waals surface area contributed by atoms with Gasteiger partial charge in [0.2, 0.25) is 33.7 Å². The van der Waals surface area contributed by atoms with Gasteiger partial charge < -0.3 is 46.6 Å². The van der Waals surface area contributed by atoms with E-state index in [4.69, 9.17) is 33.8 Å². The summed E-state index contributed by atoms with van der Waals surface area (Å²) in [5, 5.41) is 30.9. The molecule has 0 saturated carbocycles. The van der Waals surface area contributed by atoms with Crippen molar-refractivity contribution in [1.29, 1.82) is 0 Å². The number of carboxylic acid groups (broad SMARTS) is 2. The third kappa shape index (κ3) is 9.22. The van der Waals surface area contributed by atoms with Crippen molar-refractivity contribution >= 4 is 85.8 Å². The maximum atomic E-state index is 13.3. The number of aromatic nitrogens is 4. The van der Waals surface area contributed by atoms with Crippen LogP contribution in [0.1, 0.15) is 19.7 Å². The van der Waals surface area contributed by atoms with Crippen molar-refractivity contribution in [2.45, 2.75) is 37.4 Å². The second-order valence-corrected chi connectivity index (χ2v) is 14.3. The quantitative estimate of drug-likeness (QED) is 0.0293. The molecule has 284 valence electrons. The summed E-state index contributed by atoms with van der Waals surface area (Å²) in [6, 6.07) is -1.46.